The topological polar surface area (TPSA) is 49.6 Å². The standard InChI is InChI=1S/C7H13N3O/c1-2-3-9-4-5-10(6-9)7(8)11/h4-5H,2-3,6H2,1H3,(H2,8,11). The van der Waals surface area contributed by atoms with E-state index in [0.29, 0.717) is 6.67 Å². The van der Waals surface area contributed by atoms with Crippen LogP contribution in [0.15, 0.2) is 12.4 Å². The fourth-order valence-corrected chi connectivity index (χ4v) is 1.04. The minimum Gasteiger partial charge on any atom is -0.358 e. The fraction of sp³-hybridized carbons (Fsp3) is 0.571. The molecule has 1 rings (SSSR count). The van der Waals surface area contributed by atoms with Crippen LogP contribution in [0.5, 0.6) is 0 Å². The monoisotopic (exact) mass is 155 g/mol. The zero-order valence-corrected chi connectivity index (χ0v) is 6.66. The zero-order valence-electron chi connectivity index (χ0n) is 6.66. The second kappa shape index (κ2) is 3.27. The third-order valence-electron chi connectivity index (χ3n) is 1.59. The van der Waals surface area contributed by atoms with E-state index in [-0.39, 0.29) is 6.03 Å². The molecular weight excluding hydrogens is 142 g/mol. The van der Waals surface area contributed by atoms with Gasteiger partial charge in [-0.25, -0.2) is 4.79 Å². The van der Waals surface area contributed by atoms with Gasteiger partial charge in [0.2, 0.25) is 0 Å². The van der Waals surface area contributed by atoms with Gasteiger partial charge in [-0.3, -0.25) is 4.90 Å². The molecule has 11 heavy (non-hydrogen) atoms. The first-order valence-electron chi connectivity index (χ1n) is 3.72. The van der Waals surface area contributed by atoms with E-state index in [4.69, 9.17) is 5.73 Å². The highest BCUT2D eigenvalue weighted by molar-refractivity contribution is 5.73. The van der Waals surface area contributed by atoms with Gasteiger partial charge >= 0.3 is 6.03 Å². The number of hydrogen-bond acceptors (Lipinski definition) is 2. The van der Waals surface area contributed by atoms with E-state index in [1.807, 2.05) is 11.1 Å². The van der Waals surface area contributed by atoms with Crippen LogP contribution >= 0.6 is 0 Å². The maximum absolute atomic E-state index is 10.6. The number of carbonyl (C=O) groups excluding carboxylic acids is 1. The van der Waals surface area contributed by atoms with Crippen molar-refractivity contribution in [3.8, 4) is 0 Å². The Balaban J connectivity index is 2.36. The Labute approximate surface area is 66.3 Å². The summed E-state index contributed by atoms with van der Waals surface area (Å²) in [7, 11) is 0. The second-order valence-electron chi connectivity index (χ2n) is 2.56. The lowest BCUT2D eigenvalue weighted by Crippen LogP contribution is -2.34. The number of urea groups is 1. The molecule has 4 nitrogen and oxygen atoms in total. The molecule has 2 N–H and O–H groups in total. The van der Waals surface area contributed by atoms with Crippen molar-refractivity contribution in [2.45, 2.75) is 13.3 Å². The molecule has 0 radical (unpaired) electrons. The summed E-state index contributed by atoms with van der Waals surface area (Å²) in [6.45, 7) is 3.67. The van der Waals surface area contributed by atoms with E-state index in [0.717, 1.165) is 13.0 Å². The minimum atomic E-state index is -0.389. The van der Waals surface area contributed by atoms with E-state index in [2.05, 4.69) is 6.92 Å². The second-order valence-corrected chi connectivity index (χ2v) is 2.56. The first-order chi connectivity index (χ1) is 5.24. The third kappa shape index (κ3) is 1.86. The van der Waals surface area contributed by atoms with Crippen molar-refractivity contribution in [3.63, 3.8) is 0 Å². The van der Waals surface area contributed by atoms with Crippen LogP contribution in [0.1, 0.15) is 13.3 Å². The Morgan fingerprint density at radius 3 is 2.82 bits per heavy atom. The molecule has 4 heteroatoms. The minimum absolute atomic E-state index is 0.389. The van der Waals surface area contributed by atoms with Crippen molar-refractivity contribution in [3.05, 3.63) is 12.4 Å². The van der Waals surface area contributed by atoms with Gasteiger partial charge < -0.3 is 10.6 Å². The lowest BCUT2D eigenvalue weighted by molar-refractivity contribution is 0.211. The summed E-state index contributed by atoms with van der Waals surface area (Å²) < 4.78 is 0. The molecule has 0 atom stereocenters. The van der Waals surface area contributed by atoms with Gasteiger partial charge in [0.15, 0.2) is 0 Å². The summed E-state index contributed by atoms with van der Waals surface area (Å²) in [6.07, 6.45) is 4.67. The van der Waals surface area contributed by atoms with Gasteiger partial charge in [0.25, 0.3) is 0 Å². The smallest absolute Gasteiger partial charge is 0.320 e. The molecule has 0 aromatic carbocycles. The SMILES string of the molecule is CCCN1C=CN(C(N)=O)C1. The summed E-state index contributed by atoms with van der Waals surface area (Å²) >= 11 is 0. The number of hydrogen-bond donors (Lipinski definition) is 1. The summed E-state index contributed by atoms with van der Waals surface area (Å²) in [5, 5.41) is 0. The van der Waals surface area contributed by atoms with Crippen molar-refractivity contribution in [2.24, 2.45) is 5.73 Å². The average molecular weight is 155 g/mol. The molecule has 1 aliphatic heterocycles. The summed E-state index contributed by atoms with van der Waals surface area (Å²) in [6, 6.07) is -0.389. The third-order valence-corrected chi connectivity index (χ3v) is 1.59. The highest BCUT2D eigenvalue weighted by Crippen LogP contribution is 2.05. The lowest BCUT2D eigenvalue weighted by atomic mass is 10.4. The van der Waals surface area contributed by atoms with Gasteiger partial charge in [-0.2, -0.15) is 0 Å². The largest absolute Gasteiger partial charge is 0.358 e. The number of carbonyl (C=O) groups is 1. The first kappa shape index (κ1) is 7.91. The Morgan fingerprint density at radius 2 is 2.36 bits per heavy atom. The number of amides is 2. The molecule has 62 valence electrons. The van der Waals surface area contributed by atoms with E-state index in [1.54, 1.807) is 6.20 Å². The number of rotatable bonds is 2. The van der Waals surface area contributed by atoms with Crippen molar-refractivity contribution < 1.29 is 4.79 Å². The van der Waals surface area contributed by atoms with Crippen LogP contribution in [0.4, 0.5) is 4.79 Å². The molecule has 0 saturated heterocycles. The van der Waals surface area contributed by atoms with Gasteiger partial charge in [-0.05, 0) is 6.42 Å². The molecule has 1 aliphatic rings. The van der Waals surface area contributed by atoms with Gasteiger partial charge in [0.1, 0.15) is 0 Å². The van der Waals surface area contributed by atoms with Crippen LogP contribution in [0.3, 0.4) is 0 Å². The van der Waals surface area contributed by atoms with E-state index >= 15 is 0 Å². The molecule has 2 amide bonds. The summed E-state index contributed by atoms with van der Waals surface area (Å²) in [5.74, 6) is 0. The highest BCUT2D eigenvalue weighted by Gasteiger charge is 2.14. The van der Waals surface area contributed by atoms with Crippen LogP contribution in [-0.4, -0.2) is 29.0 Å². The highest BCUT2D eigenvalue weighted by atomic mass is 16.2. The van der Waals surface area contributed by atoms with Gasteiger partial charge in [0, 0.05) is 18.9 Å². The van der Waals surface area contributed by atoms with Gasteiger partial charge in [-0.15, -0.1) is 0 Å². The number of nitrogens with two attached hydrogens (primary N) is 1. The molecule has 0 bridgehead atoms. The normalized spacial score (nSPS) is 16.1. The Morgan fingerprint density at radius 1 is 1.64 bits per heavy atom. The number of primary amides is 1. The van der Waals surface area contributed by atoms with Crippen molar-refractivity contribution in [1.29, 1.82) is 0 Å². The molecule has 0 aromatic heterocycles. The quantitative estimate of drug-likeness (QED) is 0.632. The predicted molar refractivity (Wildman–Crippen MR) is 42.4 cm³/mol. The molecule has 1 heterocycles. The van der Waals surface area contributed by atoms with Gasteiger partial charge in [0.05, 0.1) is 6.67 Å². The average Bonchev–Trinajstić information content (AvgIpc) is 2.37. The Hall–Kier alpha value is -1.19. The van der Waals surface area contributed by atoms with Crippen LogP contribution in [0, 0.1) is 0 Å². The van der Waals surface area contributed by atoms with Crippen molar-refractivity contribution in [2.75, 3.05) is 13.2 Å². The molecule has 0 saturated carbocycles. The number of nitrogens with zero attached hydrogens (tertiary/aromatic N) is 2. The summed E-state index contributed by atoms with van der Waals surface area (Å²) in [4.78, 5) is 14.1. The van der Waals surface area contributed by atoms with Crippen molar-refractivity contribution >= 4 is 6.03 Å². The zero-order chi connectivity index (χ0) is 8.27. The van der Waals surface area contributed by atoms with Crippen LogP contribution < -0.4 is 5.73 Å². The van der Waals surface area contributed by atoms with E-state index in [9.17, 15) is 4.79 Å². The molecule has 0 aliphatic carbocycles. The fourth-order valence-electron chi connectivity index (χ4n) is 1.04. The van der Waals surface area contributed by atoms with Crippen LogP contribution in [0.25, 0.3) is 0 Å². The Bertz CT molecular complexity index is 179. The van der Waals surface area contributed by atoms with Crippen LogP contribution in [-0.2, 0) is 0 Å². The lowest BCUT2D eigenvalue weighted by Gasteiger charge is -2.17. The predicted octanol–water partition coefficient (Wildman–Crippen LogP) is 0.521. The molecule has 0 unspecified atom stereocenters. The van der Waals surface area contributed by atoms with Crippen molar-refractivity contribution in [1.82, 2.24) is 9.80 Å². The molecule has 0 fully saturated rings. The molecular formula is C7H13N3O. The maximum atomic E-state index is 10.6. The van der Waals surface area contributed by atoms with E-state index in [1.165, 1.54) is 4.90 Å². The summed E-state index contributed by atoms with van der Waals surface area (Å²) in [5.41, 5.74) is 5.07. The Kier molecular flexibility index (Phi) is 2.36. The molecule has 0 aromatic rings. The first-order valence-corrected chi connectivity index (χ1v) is 3.72. The maximum Gasteiger partial charge on any atom is 0.320 e. The van der Waals surface area contributed by atoms with E-state index < -0.39 is 0 Å². The van der Waals surface area contributed by atoms with Crippen LogP contribution in [0.2, 0.25) is 0 Å². The van der Waals surface area contributed by atoms with Gasteiger partial charge in [-0.1, -0.05) is 6.92 Å². The molecule has 0 spiro atoms.